The summed E-state index contributed by atoms with van der Waals surface area (Å²) in [5.41, 5.74) is 4.68. The normalized spacial score (nSPS) is 12.5. The predicted octanol–water partition coefficient (Wildman–Crippen LogP) is 1.95. The van der Waals surface area contributed by atoms with Crippen LogP contribution in [0.25, 0.3) is 0 Å². The largest absolute Gasteiger partial charge is 0.329 e. The van der Waals surface area contributed by atoms with Crippen LogP contribution in [0, 0.1) is 15.9 Å². The first-order valence-corrected chi connectivity index (χ1v) is 7.97. The molecule has 0 aliphatic carbocycles. The molecule has 0 saturated heterocycles. The second-order valence-electron chi connectivity index (χ2n) is 4.54. The van der Waals surface area contributed by atoms with Gasteiger partial charge in [0.1, 0.15) is 5.82 Å². The van der Waals surface area contributed by atoms with Crippen LogP contribution in [0.4, 0.5) is 10.1 Å². The van der Waals surface area contributed by atoms with Crippen molar-refractivity contribution in [2.24, 2.45) is 5.73 Å². The predicted molar refractivity (Wildman–Crippen MR) is 83.0 cm³/mol. The highest BCUT2D eigenvalue weighted by molar-refractivity contribution is 7.89. The van der Waals surface area contributed by atoms with Gasteiger partial charge in [0.25, 0.3) is 15.7 Å². The Morgan fingerprint density at radius 3 is 2.59 bits per heavy atom. The van der Waals surface area contributed by atoms with E-state index in [1.54, 1.807) is 0 Å². The van der Waals surface area contributed by atoms with Crippen LogP contribution >= 0.6 is 12.4 Å². The Labute approximate surface area is 134 Å². The van der Waals surface area contributed by atoms with Crippen molar-refractivity contribution in [2.45, 2.75) is 37.1 Å². The molecule has 3 N–H and O–H groups in total. The van der Waals surface area contributed by atoms with Gasteiger partial charge in [-0.05, 0) is 12.5 Å². The van der Waals surface area contributed by atoms with Gasteiger partial charge in [0.05, 0.1) is 4.92 Å². The van der Waals surface area contributed by atoms with Gasteiger partial charge in [-0.1, -0.05) is 25.8 Å². The zero-order valence-corrected chi connectivity index (χ0v) is 13.6. The van der Waals surface area contributed by atoms with Crippen LogP contribution in [-0.4, -0.2) is 25.9 Å². The molecule has 0 spiro atoms. The van der Waals surface area contributed by atoms with E-state index in [1.165, 1.54) is 0 Å². The average molecular weight is 356 g/mol. The molecule has 0 fully saturated rings. The highest BCUT2D eigenvalue weighted by Crippen LogP contribution is 2.26. The number of rotatable bonds is 8. The maximum absolute atomic E-state index is 13.8. The van der Waals surface area contributed by atoms with Gasteiger partial charge in [-0.25, -0.2) is 17.5 Å². The van der Waals surface area contributed by atoms with E-state index in [0.717, 1.165) is 31.0 Å². The maximum atomic E-state index is 13.8. The van der Waals surface area contributed by atoms with Gasteiger partial charge >= 0.3 is 0 Å². The summed E-state index contributed by atoms with van der Waals surface area (Å²) in [6, 6.07) is 2.31. The Morgan fingerprint density at radius 1 is 1.45 bits per heavy atom. The minimum absolute atomic E-state index is 0. The van der Waals surface area contributed by atoms with E-state index in [4.69, 9.17) is 5.73 Å². The summed E-state index contributed by atoms with van der Waals surface area (Å²) in [7, 11) is -4.36. The zero-order valence-electron chi connectivity index (χ0n) is 12.0. The van der Waals surface area contributed by atoms with E-state index >= 15 is 0 Å². The molecule has 0 radical (unpaired) electrons. The lowest BCUT2D eigenvalue weighted by atomic mass is 10.1. The number of nitrogens with two attached hydrogens (primary N) is 1. The molecule has 1 aromatic carbocycles. The van der Waals surface area contributed by atoms with Crippen LogP contribution in [0.1, 0.15) is 26.2 Å². The molecular formula is C12H19ClFN3O4S. The number of hydrogen-bond acceptors (Lipinski definition) is 5. The number of sulfonamides is 1. The zero-order chi connectivity index (χ0) is 16.0. The van der Waals surface area contributed by atoms with Gasteiger partial charge in [0, 0.05) is 18.7 Å². The number of hydrogen-bond donors (Lipinski definition) is 2. The maximum Gasteiger partial charge on any atom is 0.292 e. The summed E-state index contributed by atoms with van der Waals surface area (Å²) in [5, 5.41) is 10.9. The Hall–Kier alpha value is -1.29. The molecule has 1 unspecified atom stereocenters. The summed E-state index contributed by atoms with van der Waals surface area (Å²) >= 11 is 0. The van der Waals surface area contributed by atoms with Crippen LogP contribution in [0.2, 0.25) is 0 Å². The van der Waals surface area contributed by atoms with Gasteiger partial charge < -0.3 is 5.73 Å². The van der Waals surface area contributed by atoms with Gasteiger partial charge in [0.15, 0.2) is 4.90 Å². The molecule has 0 aliphatic heterocycles. The Balaban J connectivity index is 0.00000441. The van der Waals surface area contributed by atoms with Crippen molar-refractivity contribution in [1.29, 1.82) is 0 Å². The topological polar surface area (TPSA) is 115 Å². The molecule has 1 rings (SSSR count). The van der Waals surface area contributed by atoms with E-state index in [9.17, 15) is 22.9 Å². The molecule has 126 valence electrons. The van der Waals surface area contributed by atoms with Crippen molar-refractivity contribution in [2.75, 3.05) is 6.54 Å². The van der Waals surface area contributed by atoms with Crippen LogP contribution in [0.5, 0.6) is 0 Å². The van der Waals surface area contributed by atoms with Crippen LogP contribution in [0.15, 0.2) is 23.1 Å². The number of nitro groups is 1. The quantitative estimate of drug-likeness (QED) is 0.546. The molecule has 7 nitrogen and oxygen atoms in total. The Kier molecular flexibility index (Phi) is 8.46. The summed E-state index contributed by atoms with van der Waals surface area (Å²) < 4.78 is 40.4. The summed E-state index contributed by atoms with van der Waals surface area (Å²) in [4.78, 5) is 8.99. The second-order valence-corrected chi connectivity index (χ2v) is 6.19. The lowest BCUT2D eigenvalue weighted by Crippen LogP contribution is -2.40. The lowest BCUT2D eigenvalue weighted by molar-refractivity contribution is -0.388. The number of nitro benzene ring substituents is 1. The van der Waals surface area contributed by atoms with Crippen molar-refractivity contribution in [1.82, 2.24) is 4.72 Å². The molecule has 0 bridgehead atoms. The van der Waals surface area contributed by atoms with Crippen LogP contribution in [-0.2, 0) is 10.0 Å². The van der Waals surface area contributed by atoms with Gasteiger partial charge in [0.2, 0.25) is 0 Å². The van der Waals surface area contributed by atoms with Crippen molar-refractivity contribution in [3.63, 3.8) is 0 Å². The summed E-state index contributed by atoms with van der Waals surface area (Å²) in [6.07, 6.45) is 2.07. The first kappa shape index (κ1) is 20.7. The van der Waals surface area contributed by atoms with Gasteiger partial charge in [-0.3, -0.25) is 10.1 Å². The van der Waals surface area contributed by atoms with E-state index < -0.39 is 37.4 Å². The molecule has 0 saturated carbocycles. The minimum Gasteiger partial charge on any atom is -0.329 e. The summed E-state index contributed by atoms with van der Waals surface area (Å²) in [6.45, 7) is 1.96. The molecule has 10 heteroatoms. The average Bonchev–Trinajstić information content (AvgIpc) is 2.42. The molecule has 22 heavy (non-hydrogen) atoms. The van der Waals surface area contributed by atoms with E-state index in [-0.39, 0.29) is 19.0 Å². The molecule has 0 aromatic heterocycles. The smallest absolute Gasteiger partial charge is 0.292 e. The standard InChI is InChI=1S/C12H18FN3O4S.ClH/c1-2-3-5-9(8-14)15-21(19,20)12-10(13)6-4-7-11(12)16(17)18;/h4,6-7,9,15H,2-3,5,8,14H2,1H3;1H. The third kappa shape index (κ3) is 5.16. The van der Waals surface area contributed by atoms with Crippen LogP contribution in [0.3, 0.4) is 0 Å². The third-order valence-electron chi connectivity index (χ3n) is 2.92. The molecule has 0 heterocycles. The second kappa shape index (κ2) is 8.99. The van der Waals surface area contributed by atoms with Crippen molar-refractivity contribution >= 4 is 28.1 Å². The van der Waals surface area contributed by atoms with Crippen molar-refractivity contribution < 1.29 is 17.7 Å². The SMILES string of the molecule is CCCCC(CN)NS(=O)(=O)c1c(F)cccc1[N+](=O)[O-].Cl. The van der Waals surface area contributed by atoms with Crippen LogP contribution < -0.4 is 10.5 Å². The molecular weight excluding hydrogens is 337 g/mol. The lowest BCUT2D eigenvalue weighted by Gasteiger charge is -2.16. The molecule has 0 aliphatic rings. The fourth-order valence-electron chi connectivity index (χ4n) is 1.86. The molecule has 0 amide bonds. The Morgan fingerprint density at radius 2 is 2.09 bits per heavy atom. The van der Waals surface area contributed by atoms with E-state index in [2.05, 4.69) is 4.72 Å². The Bertz CT molecular complexity index is 612. The number of halogens is 2. The number of nitrogens with one attached hydrogen (secondary N) is 1. The van der Waals surface area contributed by atoms with Crippen molar-refractivity contribution in [3.8, 4) is 0 Å². The third-order valence-corrected chi connectivity index (χ3v) is 4.51. The highest BCUT2D eigenvalue weighted by atomic mass is 35.5. The first-order valence-electron chi connectivity index (χ1n) is 6.48. The monoisotopic (exact) mass is 355 g/mol. The molecule has 1 atom stereocenters. The van der Waals surface area contributed by atoms with E-state index in [0.29, 0.717) is 6.42 Å². The fourth-order valence-corrected chi connectivity index (χ4v) is 3.37. The number of unbranched alkanes of at least 4 members (excludes halogenated alkanes) is 1. The highest BCUT2D eigenvalue weighted by Gasteiger charge is 2.31. The summed E-state index contributed by atoms with van der Waals surface area (Å²) in [5.74, 6) is -1.16. The van der Waals surface area contributed by atoms with E-state index in [1.807, 2.05) is 6.92 Å². The van der Waals surface area contributed by atoms with Gasteiger partial charge in [-0.15, -0.1) is 12.4 Å². The first-order chi connectivity index (χ1) is 9.83. The minimum atomic E-state index is -4.36. The van der Waals surface area contributed by atoms with Crippen molar-refractivity contribution in [3.05, 3.63) is 34.1 Å². The number of benzene rings is 1. The molecule has 1 aromatic rings. The fraction of sp³-hybridized carbons (Fsp3) is 0.500. The van der Waals surface area contributed by atoms with Gasteiger partial charge in [-0.2, -0.15) is 0 Å². The number of nitrogens with zero attached hydrogens (tertiary/aromatic N) is 1.